The fraction of sp³-hybridized carbons (Fsp3) is 0.600. The Morgan fingerprint density at radius 3 is 2.88 bits per heavy atom. The second kappa shape index (κ2) is 4.97. The second-order valence-electron chi connectivity index (χ2n) is 3.85. The Kier molecular flexibility index (Phi) is 3.60. The molecule has 0 atom stereocenters. The topological polar surface area (TPSA) is 75.2 Å². The van der Waals surface area contributed by atoms with Crippen LogP contribution in [0.25, 0.3) is 0 Å². The molecule has 0 saturated carbocycles. The summed E-state index contributed by atoms with van der Waals surface area (Å²) in [6.45, 7) is 1.49. The van der Waals surface area contributed by atoms with Gasteiger partial charge in [0, 0.05) is 19.1 Å². The van der Waals surface area contributed by atoms with Crippen LogP contribution in [0.1, 0.15) is 30.3 Å². The molecule has 0 spiro atoms. The van der Waals surface area contributed by atoms with Crippen molar-refractivity contribution in [3.8, 4) is 0 Å². The molecule has 5 nitrogen and oxygen atoms in total. The van der Waals surface area contributed by atoms with Gasteiger partial charge < -0.3 is 14.8 Å². The second-order valence-corrected chi connectivity index (χ2v) is 4.60. The van der Waals surface area contributed by atoms with E-state index in [0.29, 0.717) is 16.2 Å². The molecule has 16 heavy (non-hydrogen) atoms. The van der Waals surface area contributed by atoms with Gasteiger partial charge in [0.15, 0.2) is 0 Å². The van der Waals surface area contributed by atoms with Crippen LogP contribution in [0.5, 0.6) is 0 Å². The fourth-order valence-electron chi connectivity index (χ4n) is 1.84. The molecule has 0 bridgehead atoms. The molecule has 0 unspecified atom stereocenters. The summed E-state index contributed by atoms with van der Waals surface area (Å²) in [6, 6.07) is 0. The summed E-state index contributed by atoms with van der Waals surface area (Å²) in [7, 11) is 0. The van der Waals surface area contributed by atoms with E-state index in [1.807, 2.05) is 0 Å². The maximum atomic E-state index is 10.6. The molecule has 2 rings (SSSR count). The molecule has 1 saturated heterocycles. The number of carboxylic acids is 1. The van der Waals surface area contributed by atoms with Crippen LogP contribution >= 0.6 is 15.9 Å². The third-order valence-corrected chi connectivity index (χ3v) is 3.34. The average Bonchev–Trinajstić information content (AvgIpc) is 2.61. The van der Waals surface area contributed by atoms with Crippen molar-refractivity contribution in [3.63, 3.8) is 0 Å². The number of nitrogens with one attached hydrogen (secondary N) is 1. The highest BCUT2D eigenvalue weighted by molar-refractivity contribution is 9.10. The molecule has 1 aromatic rings. The van der Waals surface area contributed by atoms with Crippen LogP contribution in [0, 0.1) is 0 Å². The first-order valence-electron chi connectivity index (χ1n) is 5.20. The van der Waals surface area contributed by atoms with Crippen molar-refractivity contribution in [3.05, 3.63) is 16.1 Å². The highest BCUT2D eigenvalue weighted by Crippen LogP contribution is 2.27. The molecule has 2 N–H and O–H groups in total. The van der Waals surface area contributed by atoms with Gasteiger partial charge in [0.2, 0.25) is 0 Å². The van der Waals surface area contributed by atoms with Gasteiger partial charge in [0.1, 0.15) is 10.4 Å². The smallest absolute Gasteiger partial charge is 0.309 e. The Balaban J connectivity index is 2.12. The van der Waals surface area contributed by atoms with Gasteiger partial charge in [-0.3, -0.25) is 4.79 Å². The lowest BCUT2D eigenvalue weighted by atomic mass is 10.00. The number of halogens is 1. The van der Waals surface area contributed by atoms with Gasteiger partial charge in [-0.25, -0.2) is 4.98 Å². The minimum Gasteiger partial charge on any atom is -0.481 e. The van der Waals surface area contributed by atoms with Crippen molar-refractivity contribution >= 4 is 21.9 Å². The normalized spacial score (nSPS) is 17.6. The molecule has 1 aliphatic rings. The molecular formula is C10H13BrN2O3. The first-order valence-corrected chi connectivity index (χ1v) is 6.00. The molecule has 0 radical (unpaired) electrons. The van der Waals surface area contributed by atoms with Gasteiger partial charge in [0.25, 0.3) is 0 Å². The van der Waals surface area contributed by atoms with Crippen molar-refractivity contribution in [2.75, 3.05) is 13.2 Å². The number of aliphatic carboxylic acids is 1. The highest BCUT2D eigenvalue weighted by atomic mass is 79.9. The van der Waals surface area contributed by atoms with Crippen LogP contribution in [0.15, 0.2) is 4.60 Å². The Hall–Kier alpha value is -0.880. The monoisotopic (exact) mass is 288 g/mol. The Labute approximate surface area is 101 Å². The molecule has 88 valence electrons. The minimum absolute atomic E-state index is 0.0309. The van der Waals surface area contributed by atoms with Gasteiger partial charge in [0.05, 0.1) is 12.1 Å². The maximum absolute atomic E-state index is 10.6. The predicted octanol–water partition coefficient (Wildman–Crippen LogP) is 1.69. The summed E-state index contributed by atoms with van der Waals surface area (Å²) < 4.78 is 5.88. The van der Waals surface area contributed by atoms with E-state index in [4.69, 9.17) is 9.84 Å². The van der Waals surface area contributed by atoms with Gasteiger partial charge in [-0.05, 0) is 28.8 Å². The number of carbonyl (C=O) groups is 1. The van der Waals surface area contributed by atoms with Gasteiger partial charge in [-0.1, -0.05) is 0 Å². The van der Waals surface area contributed by atoms with Crippen LogP contribution in [-0.4, -0.2) is 34.3 Å². The zero-order chi connectivity index (χ0) is 11.5. The highest BCUT2D eigenvalue weighted by Gasteiger charge is 2.21. The lowest BCUT2D eigenvalue weighted by Gasteiger charge is -2.19. The van der Waals surface area contributed by atoms with E-state index in [1.165, 1.54) is 0 Å². The number of hydrogen-bond acceptors (Lipinski definition) is 3. The largest absolute Gasteiger partial charge is 0.481 e. The minimum atomic E-state index is -0.858. The van der Waals surface area contributed by atoms with Crippen LogP contribution < -0.4 is 0 Å². The SMILES string of the molecule is O=C(O)Cc1[nH]c(C2CCOCC2)nc1Br. The number of carboxylic acid groups (broad SMARTS) is 1. The quantitative estimate of drug-likeness (QED) is 0.888. The van der Waals surface area contributed by atoms with Crippen molar-refractivity contribution in [2.24, 2.45) is 0 Å². The van der Waals surface area contributed by atoms with Crippen molar-refractivity contribution < 1.29 is 14.6 Å². The summed E-state index contributed by atoms with van der Waals surface area (Å²) in [5.41, 5.74) is 0.633. The van der Waals surface area contributed by atoms with E-state index in [2.05, 4.69) is 25.9 Å². The fourth-order valence-corrected chi connectivity index (χ4v) is 2.27. The summed E-state index contributed by atoms with van der Waals surface area (Å²) in [5, 5.41) is 8.72. The molecule has 0 amide bonds. The van der Waals surface area contributed by atoms with E-state index in [0.717, 1.165) is 31.9 Å². The lowest BCUT2D eigenvalue weighted by molar-refractivity contribution is -0.136. The maximum Gasteiger partial charge on any atom is 0.309 e. The van der Waals surface area contributed by atoms with Gasteiger partial charge in [-0.2, -0.15) is 0 Å². The number of aromatic nitrogens is 2. The molecule has 1 aromatic heterocycles. The zero-order valence-corrected chi connectivity index (χ0v) is 10.3. The first kappa shape index (κ1) is 11.6. The van der Waals surface area contributed by atoms with Crippen LogP contribution in [0.2, 0.25) is 0 Å². The standard InChI is InChI=1S/C10H13BrN2O3/c11-9-7(5-8(14)15)12-10(13-9)6-1-3-16-4-2-6/h6H,1-5H2,(H,12,13)(H,14,15). The lowest BCUT2D eigenvalue weighted by Crippen LogP contribution is -2.15. The summed E-state index contributed by atoms with van der Waals surface area (Å²) in [4.78, 5) is 18.0. The van der Waals surface area contributed by atoms with Crippen molar-refractivity contribution in [1.29, 1.82) is 0 Å². The molecule has 1 aliphatic heterocycles. The van der Waals surface area contributed by atoms with E-state index < -0.39 is 5.97 Å². The number of ether oxygens (including phenoxy) is 1. The number of rotatable bonds is 3. The third kappa shape index (κ3) is 2.62. The molecule has 0 aromatic carbocycles. The molecule has 0 aliphatic carbocycles. The van der Waals surface area contributed by atoms with Crippen molar-refractivity contribution in [2.45, 2.75) is 25.2 Å². The summed E-state index contributed by atoms with van der Waals surface area (Å²) in [5.74, 6) is 0.363. The summed E-state index contributed by atoms with van der Waals surface area (Å²) >= 11 is 3.28. The van der Waals surface area contributed by atoms with E-state index >= 15 is 0 Å². The number of nitrogens with zero attached hydrogens (tertiary/aromatic N) is 1. The number of H-pyrrole nitrogens is 1. The number of imidazole rings is 1. The molecular weight excluding hydrogens is 276 g/mol. The van der Waals surface area contributed by atoms with Crippen LogP contribution in [0.4, 0.5) is 0 Å². The summed E-state index contributed by atoms with van der Waals surface area (Å²) in [6.07, 6.45) is 1.84. The number of aromatic amines is 1. The number of hydrogen-bond donors (Lipinski definition) is 2. The van der Waals surface area contributed by atoms with Gasteiger partial charge >= 0.3 is 5.97 Å². The van der Waals surface area contributed by atoms with Gasteiger partial charge in [-0.15, -0.1) is 0 Å². The molecule has 2 heterocycles. The average molecular weight is 289 g/mol. The Morgan fingerprint density at radius 2 is 2.25 bits per heavy atom. The van der Waals surface area contributed by atoms with Crippen LogP contribution in [0.3, 0.4) is 0 Å². The first-order chi connectivity index (χ1) is 7.66. The predicted molar refractivity (Wildman–Crippen MR) is 60.4 cm³/mol. The van der Waals surface area contributed by atoms with Crippen LogP contribution in [-0.2, 0) is 16.0 Å². The molecule has 1 fully saturated rings. The van der Waals surface area contributed by atoms with E-state index in [-0.39, 0.29) is 6.42 Å². The zero-order valence-electron chi connectivity index (χ0n) is 8.70. The van der Waals surface area contributed by atoms with E-state index in [1.54, 1.807) is 0 Å². The Morgan fingerprint density at radius 1 is 1.56 bits per heavy atom. The Bertz CT molecular complexity index is 385. The third-order valence-electron chi connectivity index (χ3n) is 2.68. The molecule has 6 heteroatoms. The van der Waals surface area contributed by atoms with E-state index in [9.17, 15) is 4.79 Å². The van der Waals surface area contributed by atoms with Crippen molar-refractivity contribution in [1.82, 2.24) is 9.97 Å².